The topological polar surface area (TPSA) is 83.6 Å². The summed E-state index contributed by atoms with van der Waals surface area (Å²) in [5, 5.41) is 0. The van der Waals surface area contributed by atoms with E-state index >= 15 is 0 Å². The Labute approximate surface area is 177 Å². The van der Waals surface area contributed by atoms with Crippen molar-refractivity contribution in [3.63, 3.8) is 0 Å². The third kappa shape index (κ3) is 5.89. The highest BCUT2D eigenvalue weighted by atomic mass is 32.2. The lowest BCUT2D eigenvalue weighted by atomic mass is 10.0. The van der Waals surface area contributed by atoms with E-state index in [0.717, 1.165) is 19.8 Å². The molecule has 0 atom stereocenters. The van der Waals surface area contributed by atoms with Crippen LogP contribution in [0.15, 0.2) is 47.4 Å². The minimum absolute atomic E-state index is 0.0814. The summed E-state index contributed by atoms with van der Waals surface area (Å²) in [6, 6.07) is 10.4. The fraction of sp³-hybridized carbons (Fsp3) is 0.318. The van der Waals surface area contributed by atoms with Crippen LogP contribution in [0.2, 0.25) is 0 Å². The monoisotopic (exact) mass is 433 g/mol. The van der Waals surface area contributed by atoms with Crippen molar-refractivity contribution in [2.24, 2.45) is 0 Å². The van der Waals surface area contributed by atoms with Crippen molar-refractivity contribution in [1.82, 2.24) is 9.62 Å². The molecule has 0 saturated carbocycles. The molecule has 0 bridgehead atoms. The summed E-state index contributed by atoms with van der Waals surface area (Å²) in [6.45, 7) is 7.15. The van der Waals surface area contributed by atoms with E-state index in [-0.39, 0.29) is 29.5 Å². The summed E-state index contributed by atoms with van der Waals surface area (Å²) in [5.41, 5.74) is 0.929. The Bertz CT molecular complexity index is 1020. The van der Waals surface area contributed by atoms with E-state index in [1.54, 1.807) is 18.2 Å². The van der Waals surface area contributed by atoms with Crippen LogP contribution in [-0.2, 0) is 26.2 Å². The van der Waals surface area contributed by atoms with E-state index in [0.29, 0.717) is 17.5 Å². The lowest BCUT2D eigenvalue weighted by Crippen LogP contribution is -2.30. The molecule has 0 aliphatic heterocycles. The first kappa shape index (κ1) is 23.5. The van der Waals surface area contributed by atoms with Crippen LogP contribution in [-0.4, -0.2) is 31.7 Å². The van der Waals surface area contributed by atoms with Gasteiger partial charge in [0.15, 0.2) is 0 Å². The molecule has 0 fully saturated rings. The molecule has 0 aliphatic rings. The Morgan fingerprint density at radius 1 is 1.17 bits per heavy atom. The number of hydrogen-bond acceptors (Lipinski definition) is 4. The van der Waals surface area contributed by atoms with Gasteiger partial charge in [-0.3, -0.25) is 9.59 Å². The maximum Gasteiger partial charge on any atom is 0.264 e. The fourth-order valence-corrected chi connectivity index (χ4v) is 4.23. The highest BCUT2D eigenvalue weighted by Gasteiger charge is 2.21. The number of hydrogen-bond donors (Lipinski definition) is 1. The van der Waals surface area contributed by atoms with Crippen LogP contribution >= 0.6 is 0 Å². The molecule has 1 radical (unpaired) electrons. The minimum Gasteiger partial charge on any atom is -0.338 e. The lowest BCUT2D eigenvalue weighted by Gasteiger charge is -2.21. The third-order valence-corrected chi connectivity index (χ3v) is 6.04. The quantitative estimate of drug-likeness (QED) is 0.654. The van der Waals surface area contributed by atoms with Gasteiger partial charge in [0, 0.05) is 37.6 Å². The number of carbonyl (C=O) groups excluding carboxylic acids is 2. The van der Waals surface area contributed by atoms with Crippen LogP contribution in [0.25, 0.3) is 11.1 Å². The molecule has 1 N–H and O–H groups in total. The van der Waals surface area contributed by atoms with Crippen LogP contribution in [0.1, 0.15) is 38.7 Å². The van der Waals surface area contributed by atoms with Gasteiger partial charge in [0.2, 0.25) is 11.8 Å². The van der Waals surface area contributed by atoms with Crippen molar-refractivity contribution in [3.05, 3.63) is 60.8 Å². The maximum atomic E-state index is 14.8. The van der Waals surface area contributed by atoms with E-state index in [2.05, 4.69) is 6.92 Å². The van der Waals surface area contributed by atoms with Gasteiger partial charge in [-0.25, -0.2) is 17.5 Å². The fourth-order valence-electron chi connectivity index (χ4n) is 3.01. The number of nitrogens with zero attached hydrogens (tertiary/aromatic N) is 1. The van der Waals surface area contributed by atoms with Crippen LogP contribution in [0.5, 0.6) is 0 Å². The molecule has 161 valence electrons. The zero-order chi connectivity index (χ0) is 22.3. The van der Waals surface area contributed by atoms with Crippen molar-refractivity contribution in [3.8, 4) is 11.1 Å². The van der Waals surface area contributed by atoms with Crippen LogP contribution in [0.4, 0.5) is 4.39 Å². The number of sulfonamides is 1. The molecule has 2 rings (SSSR count). The molecule has 0 aromatic heterocycles. The van der Waals surface area contributed by atoms with E-state index in [9.17, 15) is 22.4 Å². The summed E-state index contributed by atoms with van der Waals surface area (Å²) < 4.78 is 41.6. The second-order valence-corrected chi connectivity index (χ2v) is 8.53. The standard InChI is InChI=1S/C22H26FN2O4S/c1-4-6-11-22(27)25(5-2)15-18-13-12-17(14-20(18)23)19-9-7-8-10-21(19)30(28,29)24-16(3)26/h7-10,12-14H,2,4-6,11,15H2,1,3H3,(H,24,26). The Hall–Kier alpha value is -2.74. The zero-order valence-corrected chi connectivity index (χ0v) is 18.0. The van der Waals surface area contributed by atoms with Crippen molar-refractivity contribution in [1.29, 1.82) is 0 Å². The smallest absolute Gasteiger partial charge is 0.264 e. The second-order valence-electron chi connectivity index (χ2n) is 6.88. The SMILES string of the molecule is [CH2]CN(Cc1ccc(-c2ccccc2S(=O)(=O)NC(C)=O)cc1F)C(=O)CCCC. The number of carbonyl (C=O) groups is 2. The largest absolute Gasteiger partial charge is 0.338 e. The van der Waals surface area contributed by atoms with E-state index in [4.69, 9.17) is 0 Å². The number of unbranched alkanes of at least 4 members (excludes halogenated alkanes) is 1. The number of amides is 2. The number of rotatable bonds is 9. The summed E-state index contributed by atoms with van der Waals surface area (Å²) >= 11 is 0. The van der Waals surface area contributed by atoms with Gasteiger partial charge >= 0.3 is 0 Å². The average molecular weight is 434 g/mol. The van der Waals surface area contributed by atoms with E-state index < -0.39 is 21.7 Å². The summed E-state index contributed by atoms with van der Waals surface area (Å²) in [5.74, 6) is -1.35. The van der Waals surface area contributed by atoms with Crippen molar-refractivity contribution in [2.75, 3.05) is 6.54 Å². The van der Waals surface area contributed by atoms with Gasteiger partial charge in [-0.15, -0.1) is 0 Å². The Morgan fingerprint density at radius 2 is 1.87 bits per heavy atom. The number of nitrogens with one attached hydrogen (secondary N) is 1. The molecule has 30 heavy (non-hydrogen) atoms. The molecular formula is C22H26FN2O4S. The third-order valence-electron chi connectivity index (χ3n) is 4.55. The number of benzene rings is 2. The van der Waals surface area contributed by atoms with Gasteiger partial charge in [-0.1, -0.05) is 43.7 Å². The van der Waals surface area contributed by atoms with Crippen LogP contribution < -0.4 is 4.72 Å². The highest BCUT2D eigenvalue weighted by molar-refractivity contribution is 7.90. The normalized spacial score (nSPS) is 11.2. The van der Waals surface area contributed by atoms with Crippen molar-refractivity contribution >= 4 is 21.8 Å². The summed E-state index contributed by atoms with van der Waals surface area (Å²) in [7, 11) is -4.09. The van der Waals surface area contributed by atoms with Crippen LogP contribution in [0.3, 0.4) is 0 Å². The van der Waals surface area contributed by atoms with Gasteiger partial charge in [-0.2, -0.15) is 0 Å². The molecule has 0 saturated heterocycles. The first-order valence-corrected chi connectivity index (χ1v) is 11.2. The van der Waals surface area contributed by atoms with Gasteiger partial charge in [0.1, 0.15) is 5.82 Å². The van der Waals surface area contributed by atoms with Gasteiger partial charge in [-0.05, 0) is 31.0 Å². The molecule has 0 spiro atoms. The van der Waals surface area contributed by atoms with Gasteiger partial charge < -0.3 is 4.90 Å². The predicted molar refractivity (Wildman–Crippen MR) is 113 cm³/mol. The first-order chi connectivity index (χ1) is 14.2. The average Bonchev–Trinajstić information content (AvgIpc) is 2.70. The molecule has 0 aliphatic carbocycles. The number of halogens is 1. The maximum absolute atomic E-state index is 14.8. The van der Waals surface area contributed by atoms with Crippen molar-refractivity contribution < 1.29 is 22.4 Å². The molecule has 6 nitrogen and oxygen atoms in total. The summed E-state index contributed by atoms with van der Waals surface area (Å²) in [6.07, 6.45) is 2.04. The minimum atomic E-state index is -4.09. The first-order valence-electron chi connectivity index (χ1n) is 9.67. The molecule has 2 amide bonds. The lowest BCUT2D eigenvalue weighted by molar-refractivity contribution is -0.131. The van der Waals surface area contributed by atoms with Crippen LogP contribution in [0, 0.1) is 12.7 Å². The van der Waals surface area contributed by atoms with E-state index in [1.807, 2.05) is 11.6 Å². The molecule has 2 aromatic carbocycles. The predicted octanol–water partition coefficient (Wildman–Crippen LogP) is 3.67. The summed E-state index contributed by atoms with van der Waals surface area (Å²) in [4.78, 5) is 24.9. The Kier molecular flexibility index (Phi) is 8.11. The molecule has 8 heteroatoms. The Balaban J connectivity index is 2.34. The van der Waals surface area contributed by atoms with Gasteiger partial charge in [0.25, 0.3) is 10.0 Å². The second kappa shape index (κ2) is 10.3. The van der Waals surface area contributed by atoms with Gasteiger partial charge in [0.05, 0.1) is 4.90 Å². The molecule has 0 heterocycles. The zero-order valence-electron chi connectivity index (χ0n) is 17.2. The molecule has 0 unspecified atom stereocenters. The van der Waals surface area contributed by atoms with Crippen molar-refractivity contribution in [2.45, 2.75) is 44.6 Å². The molecule has 2 aromatic rings. The Morgan fingerprint density at radius 3 is 2.47 bits per heavy atom. The molecular weight excluding hydrogens is 407 g/mol. The highest BCUT2D eigenvalue weighted by Crippen LogP contribution is 2.29. The van der Waals surface area contributed by atoms with E-state index in [1.165, 1.54) is 29.2 Å².